The first-order valence-corrected chi connectivity index (χ1v) is 6.72. The van der Waals surface area contributed by atoms with Gasteiger partial charge >= 0.3 is 0 Å². The summed E-state index contributed by atoms with van der Waals surface area (Å²) in [5, 5.41) is 4.40. The van der Waals surface area contributed by atoms with E-state index < -0.39 is 0 Å². The molecule has 19 heavy (non-hydrogen) atoms. The SMILES string of the molecule is COc1ccccc1Oc1cnn(C2CCCC2)c1. The van der Waals surface area contributed by atoms with Gasteiger partial charge < -0.3 is 9.47 Å². The number of para-hydroxylation sites is 2. The van der Waals surface area contributed by atoms with Crippen molar-refractivity contribution in [3.63, 3.8) is 0 Å². The van der Waals surface area contributed by atoms with E-state index >= 15 is 0 Å². The van der Waals surface area contributed by atoms with Crippen molar-refractivity contribution in [2.24, 2.45) is 0 Å². The Kier molecular flexibility index (Phi) is 3.40. The Morgan fingerprint density at radius 1 is 1.16 bits per heavy atom. The van der Waals surface area contributed by atoms with Crippen molar-refractivity contribution >= 4 is 0 Å². The van der Waals surface area contributed by atoms with Crippen molar-refractivity contribution < 1.29 is 9.47 Å². The van der Waals surface area contributed by atoms with Gasteiger partial charge in [0.15, 0.2) is 17.2 Å². The number of hydrogen-bond donors (Lipinski definition) is 0. The van der Waals surface area contributed by atoms with Crippen LogP contribution in [0.4, 0.5) is 0 Å². The molecule has 0 aliphatic heterocycles. The minimum atomic E-state index is 0.537. The van der Waals surface area contributed by atoms with Crippen molar-refractivity contribution in [1.82, 2.24) is 9.78 Å². The number of hydrogen-bond acceptors (Lipinski definition) is 3. The number of aromatic nitrogens is 2. The number of methoxy groups -OCH3 is 1. The van der Waals surface area contributed by atoms with Gasteiger partial charge in [0, 0.05) is 0 Å². The van der Waals surface area contributed by atoms with E-state index in [-0.39, 0.29) is 0 Å². The minimum Gasteiger partial charge on any atom is -0.493 e. The Morgan fingerprint density at radius 3 is 2.63 bits per heavy atom. The molecular formula is C15H18N2O2. The molecule has 0 unspecified atom stereocenters. The van der Waals surface area contributed by atoms with E-state index in [4.69, 9.17) is 9.47 Å². The van der Waals surface area contributed by atoms with Gasteiger partial charge in [-0.25, -0.2) is 0 Å². The van der Waals surface area contributed by atoms with Crippen LogP contribution in [0.5, 0.6) is 17.2 Å². The summed E-state index contributed by atoms with van der Waals surface area (Å²) < 4.78 is 13.1. The van der Waals surface area contributed by atoms with E-state index in [9.17, 15) is 0 Å². The second kappa shape index (κ2) is 5.34. The van der Waals surface area contributed by atoms with E-state index in [2.05, 4.69) is 5.10 Å². The number of rotatable bonds is 4. The summed E-state index contributed by atoms with van der Waals surface area (Å²) in [6, 6.07) is 8.17. The Labute approximate surface area is 113 Å². The average molecular weight is 258 g/mol. The quantitative estimate of drug-likeness (QED) is 0.837. The molecule has 0 N–H and O–H groups in total. The van der Waals surface area contributed by atoms with Crippen LogP contribution in [0.3, 0.4) is 0 Å². The van der Waals surface area contributed by atoms with Gasteiger partial charge in [0.2, 0.25) is 0 Å². The second-order valence-corrected chi connectivity index (χ2v) is 4.85. The van der Waals surface area contributed by atoms with Gasteiger partial charge in [-0.3, -0.25) is 4.68 Å². The number of nitrogens with zero attached hydrogens (tertiary/aromatic N) is 2. The molecule has 1 aromatic carbocycles. The molecule has 3 rings (SSSR count). The highest BCUT2D eigenvalue weighted by atomic mass is 16.5. The molecule has 1 aromatic heterocycles. The monoisotopic (exact) mass is 258 g/mol. The molecule has 0 radical (unpaired) electrons. The predicted octanol–water partition coefficient (Wildman–Crippen LogP) is 3.80. The van der Waals surface area contributed by atoms with Gasteiger partial charge in [0.25, 0.3) is 0 Å². The number of benzene rings is 1. The lowest BCUT2D eigenvalue weighted by Crippen LogP contribution is -2.04. The van der Waals surface area contributed by atoms with Crippen molar-refractivity contribution in [2.75, 3.05) is 7.11 Å². The molecule has 0 amide bonds. The Morgan fingerprint density at radius 2 is 1.89 bits per heavy atom. The summed E-state index contributed by atoms with van der Waals surface area (Å²) in [7, 11) is 1.64. The molecular weight excluding hydrogens is 240 g/mol. The Hall–Kier alpha value is -1.97. The number of ether oxygens (including phenoxy) is 2. The molecule has 0 atom stereocenters. The Balaban J connectivity index is 1.76. The zero-order valence-corrected chi connectivity index (χ0v) is 11.1. The van der Waals surface area contributed by atoms with Crippen LogP contribution in [0.2, 0.25) is 0 Å². The molecule has 1 aliphatic rings. The lowest BCUT2D eigenvalue weighted by Gasteiger charge is -2.09. The van der Waals surface area contributed by atoms with Gasteiger partial charge in [-0.05, 0) is 25.0 Å². The summed E-state index contributed by atoms with van der Waals surface area (Å²) in [4.78, 5) is 0. The maximum atomic E-state index is 5.83. The zero-order valence-electron chi connectivity index (χ0n) is 11.1. The average Bonchev–Trinajstić information content (AvgIpc) is 3.09. The Bertz CT molecular complexity index is 545. The van der Waals surface area contributed by atoms with E-state index in [1.54, 1.807) is 13.3 Å². The van der Waals surface area contributed by atoms with E-state index in [1.165, 1.54) is 25.7 Å². The maximum absolute atomic E-state index is 5.83. The summed E-state index contributed by atoms with van der Waals surface area (Å²) >= 11 is 0. The highest BCUT2D eigenvalue weighted by molar-refractivity contribution is 5.41. The molecule has 4 heteroatoms. The molecule has 0 spiro atoms. The third-order valence-electron chi connectivity index (χ3n) is 3.57. The van der Waals surface area contributed by atoms with Gasteiger partial charge in [0.05, 0.1) is 25.5 Å². The lowest BCUT2D eigenvalue weighted by molar-refractivity contribution is 0.378. The first-order chi connectivity index (χ1) is 9.36. The van der Waals surface area contributed by atoms with Gasteiger partial charge in [-0.15, -0.1) is 0 Å². The summed E-state index contributed by atoms with van der Waals surface area (Å²) in [5.41, 5.74) is 0. The molecule has 1 aliphatic carbocycles. The van der Waals surface area contributed by atoms with Crippen LogP contribution in [-0.4, -0.2) is 16.9 Å². The highest BCUT2D eigenvalue weighted by Crippen LogP contribution is 2.33. The van der Waals surface area contributed by atoms with Crippen LogP contribution in [0, 0.1) is 0 Å². The third-order valence-corrected chi connectivity index (χ3v) is 3.57. The van der Waals surface area contributed by atoms with Crippen LogP contribution in [0.25, 0.3) is 0 Å². The molecule has 2 aromatic rings. The smallest absolute Gasteiger partial charge is 0.169 e. The normalized spacial score (nSPS) is 15.6. The topological polar surface area (TPSA) is 36.3 Å². The van der Waals surface area contributed by atoms with Crippen molar-refractivity contribution in [1.29, 1.82) is 0 Å². The predicted molar refractivity (Wildman–Crippen MR) is 72.8 cm³/mol. The fourth-order valence-electron chi connectivity index (χ4n) is 2.57. The molecule has 1 heterocycles. The largest absolute Gasteiger partial charge is 0.493 e. The second-order valence-electron chi connectivity index (χ2n) is 4.85. The van der Waals surface area contributed by atoms with Gasteiger partial charge in [-0.1, -0.05) is 25.0 Å². The molecule has 0 bridgehead atoms. The van der Waals surface area contributed by atoms with Crippen LogP contribution in [0.15, 0.2) is 36.7 Å². The standard InChI is InChI=1S/C15H18N2O2/c1-18-14-8-4-5-9-15(14)19-13-10-16-17(11-13)12-6-2-3-7-12/h4-5,8-12H,2-3,6-7H2,1H3. The van der Waals surface area contributed by atoms with Crippen LogP contribution in [-0.2, 0) is 0 Å². The van der Waals surface area contributed by atoms with E-state index in [1.807, 2.05) is 35.1 Å². The van der Waals surface area contributed by atoms with Gasteiger partial charge in [-0.2, -0.15) is 5.10 Å². The molecule has 100 valence electrons. The minimum absolute atomic E-state index is 0.537. The third kappa shape index (κ3) is 2.57. The van der Waals surface area contributed by atoms with Crippen molar-refractivity contribution in [3.05, 3.63) is 36.7 Å². The van der Waals surface area contributed by atoms with Crippen LogP contribution in [0.1, 0.15) is 31.7 Å². The first kappa shape index (κ1) is 12.1. The molecule has 4 nitrogen and oxygen atoms in total. The van der Waals surface area contributed by atoms with Crippen LogP contribution >= 0.6 is 0 Å². The van der Waals surface area contributed by atoms with Crippen molar-refractivity contribution in [2.45, 2.75) is 31.7 Å². The summed E-state index contributed by atoms with van der Waals surface area (Å²) in [6.45, 7) is 0. The fraction of sp³-hybridized carbons (Fsp3) is 0.400. The lowest BCUT2D eigenvalue weighted by atomic mass is 10.3. The van der Waals surface area contributed by atoms with Crippen LogP contribution < -0.4 is 9.47 Å². The maximum Gasteiger partial charge on any atom is 0.169 e. The summed E-state index contributed by atoms with van der Waals surface area (Å²) in [6.07, 6.45) is 8.78. The van der Waals surface area contributed by atoms with Gasteiger partial charge in [0.1, 0.15) is 0 Å². The van der Waals surface area contributed by atoms with E-state index in [0.29, 0.717) is 6.04 Å². The first-order valence-electron chi connectivity index (χ1n) is 6.72. The fourth-order valence-corrected chi connectivity index (χ4v) is 2.57. The zero-order chi connectivity index (χ0) is 13.1. The molecule has 1 saturated carbocycles. The summed E-state index contributed by atoms with van der Waals surface area (Å²) in [5.74, 6) is 2.21. The molecule has 1 fully saturated rings. The van der Waals surface area contributed by atoms with E-state index in [0.717, 1.165) is 17.2 Å². The highest BCUT2D eigenvalue weighted by Gasteiger charge is 2.18. The molecule has 0 saturated heterocycles. The van der Waals surface area contributed by atoms with Crippen molar-refractivity contribution in [3.8, 4) is 17.2 Å².